The molecule has 1 aromatic heterocycles. The van der Waals surface area contributed by atoms with Crippen LogP contribution in [0.4, 0.5) is 13.2 Å². The molecular formula is C20H23F3N2O. The van der Waals surface area contributed by atoms with Crippen LogP contribution in [-0.2, 0) is 12.8 Å². The molecule has 2 aromatic rings. The van der Waals surface area contributed by atoms with E-state index in [-0.39, 0.29) is 18.9 Å². The molecule has 1 fully saturated rings. The summed E-state index contributed by atoms with van der Waals surface area (Å²) in [5, 5.41) is 1.04. The van der Waals surface area contributed by atoms with Crippen LogP contribution in [0.15, 0.2) is 18.2 Å². The molecule has 0 bridgehead atoms. The van der Waals surface area contributed by atoms with Crippen LogP contribution in [0.3, 0.4) is 0 Å². The van der Waals surface area contributed by atoms with Crippen LogP contribution in [0.1, 0.15) is 47.8 Å². The highest BCUT2D eigenvalue weighted by Crippen LogP contribution is 2.35. The molecule has 1 amide bonds. The molecule has 1 N–H and O–H groups in total. The monoisotopic (exact) mass is 364 g/mol. The summed E-state index contributed by atoms with van der Waals surface area (Å²) in [6.07, 6.45) is -0.595. The minimum Gasteiger partial charge on any atom is -0.358 e. The molecule has 2 aliphatic rings. The van der Waals surface area contributed by atoms with E-state index in [2.05, 4.69) is 11.9 Å². The van der Waals surface area contributed by atoms with E-state index in [1.807, 2.05) is 12.1 Å². The number of carbonyl (C=O) groups is 1. The average Bonchev–Trinajstić information content (AvgIpc) is 2.97. The number of aryl methyl sites for hydroxylation is 1. The molecular weight excluding hydrogens is 341 g/mol. The van der Waals surface area contributed by atoms with E-state index in [1.165, 1.54) is 16.2 Å². The summed E-state index contributed by atoms with van der Waals surface area (Å²) in [5.41, 5.74) is 3.99. The highest BCUT2D eigenvalue weighted by molar-refractivity contribution is 5.99. The van der Waals surface area contributed by atoms with E-state index in [9.17, 15) is 18.0 Å². The Morgan fingerprint density at radius 1 is 1.27 bits per heavy atom. The first-order valence-corrected chi connectivity index (χ1v) is 9.32. The maximum Gasteiger partial charge on any atom is 0.393 e. The SMILES string of the molecule is C[C@H]1CCc2[nH]c3ccc(C(=O)N4CCC[C@H](C(F)(F)F)C4)cc3c2C1. The van der Waals surface area contributed by atoms with E-state index in [0.29, 0.717) is 24.4 Å². The number of benzene rings is 1. The van der Waals surface area contributed by atoms with Crippen molar-refractivity contribution in [3.63, 3.8) is 0 Å². The van der Waals surface area contributed by atoms with Gasteiger partial charge in [-0.3, -0.25) is 4.79 Å². The quantitative estimate of drug-likeness (QED) is 0.782. The first-order chi connectivity index (χ1) is 12.3. The fourth-order valence-corrected chi connectivity index (χ4v) is 4.34. The Morgan fingerprint density at radius 3 is 2.85 bits per heavy atom. The van der Waals surface area contributed by atoms with Crippen molar-refractivity contribution >= 4 is 16.8 Å². The van der Waals surface area contributed by atoms with Gasteiger partial charge >= 0.3 is 6.18 Å². The van der Waals surface area contributed by atoms with Crippen molar-refractivity contribution in [3.8, 4) is 0 Å². The number of aromatic amines is 1. The smallest absolute Gasteiger partial charge is 0.358 e. The lowest BCUT2D eigenvalue weighted by Gasteiger charge is -2.33. The number of rotatable bonds is 1. The summed E-state index contributed by atoms with van der Waals surface area (Å²) in [6, 6.07) is 5.48. The fraction of sp³-hybridized carbons (Fsp3) is 0.550. The second kappa shape index (κ2) is 6.32. The molecule has 6 heteroatoms. The van der Waals surface area contributed by atoms with Crippen LogP contribution in [0.2, 0.25) is 0 Å². The van der Waals surface area contributed by atoms with Gasteiger partial charge in [0.2, 0.25) is 0 Å². The number of hydrogen-bond acceptors (Lipinski definition) is 1. The Kier molecular flexibility index (Phi) is 4.24. The van der Waals surface area contributed by atoms with Crippen molar-refractivity contribution in [2.45, 2.75) is 45.2 Å². The Balaban J connectivity index is 1.62. The lowest BCUT2D eigenvalue weighted by atomic mass is 9.87. The number of aromatic nitrogens is 1. The standard InChI is InChI=1S/C20H23F3N2O/c1-12-4-6-17-15(9-12)16-10-13(5-7-18(16)24-17)19(26)25-8-2-3-14(11-25)20(21,22)23/h5,7,10,12,14,24H,2-4,6,8-9,11H2,1H3/t12-,14-/m0/s1. The molecule has 1 aliphatic heterocycles. The van der Waals surface area contributed by atoms with Crippen molar-refractivity contribution in [2.24, 2.45) is 11.8 Å². The maximum atomic E-state index is 13.0. The van der Waals surface area contributed by atoms with Crippen molar-refractivity contribution in [3.05, 3.63) is 35.0 Å². The third-order valence-electron chi connectivity index (χ3n) is 5.85. The molecule has 4 rings (SSSR count). The number of H-pyrrole nitrogens is 1. The average molecular weight is 364 g/mol. The van der Waals surface area contributed by atoms with Gasteiger partial charge in [0.25, 0.3) is 5.91 Å². The summed E-state index contributed by atoms with van der Waals surface area (Å²) >= 11 is 0. The van der Waals surface area contributed by atoms with Crippen LogP contribution >= 0.6 is 0 Å². The Bertz CT molecular complexity index is 839. The van der Waals surface area contributed by atoms with Gasteiger partial charge in [-0.1, -0.05) is 6.92 Å². The van der Waals surface area contributed by atoms with Crippen LogP contribution in [0.5, 0.6) is 0 Å². The van der Waals surface area contributed by atoms with Gasteiger partial charge in [0.15, 0.2) is 0 Å². The fourth-order valence-electron chi connectivity index (χ4n) is 4.34. The molecule has 0 unspecified atom stereocenters. The number of nitrogens with one attached hydrogen (secondary N) is 1. The van der Waals surface area contributed by atoms with Gasteiger partial charge in [0.05, 0.1) is 5.92 Å². The number of amides is 1. The lowest BCUT2D eigenvalue weighted by Crippen LogP contribution is -2.44. The van der Waals surface area contributed by atoms with Gasteiger partial charge in [-0.2, -0.15) is 13.2 Å². The molecule has 2 atom stereocenters. The minimum atomic E-state index is -4.24. The number of hydrogen-bond donors (Lipinski definition) is 1. The molecule has 3 nitrogen and oxygen atoms in total. The van der Waals surface area contributed by atoms with Crippen LogP contribution in [-0.4, -0.2) is 35.1 Å². The molecule has 26 heavy (non-hydrogen) atoms. The third kappa shape index (κ3) is 3.10. The molecule has 140 valence electrons. The normalized spacial score (nSPS) is 23.9. The number of carbonyl (C=O) groups excluding carboxylic acids is 1. The van der Waals surface area contributed by atoms with Gasteiger partial charge in [-0.05, 0) is 61.8 Å². The van der Waals surface area contributed by atoms with Crippen LogP contribution in [0, 0.1) is 11.8 Å². The van der Waals surface area contributed by atoms with E-state index < -0.39 is 12.1 Å². The predicted octanol–water partition coefficient (Wildman–Crippen LogP) is 4.71. The number of nitrogens with zero attached hydrogens (tertiary/aromatic N) is 1. The molecule has 1 aromatic carbocycles. The van der Waals surface area contributed by atoms with Crippen molar-refractivity contribution in [2.75, 3.05) is 13.1 Å². The first-order valence-electron chi connectivity index (χ1n) is 9.32. The van der Waals surface area contributed by atoms with Crippen molar-refractivity contribution in [1.29, 1.82) is 0 Å². The number of fused-ring (bicyclic) bond motifs is 3. The minimum absolute atomic E-state index is 0.107. The third-order valence-corrected chi connectivity index (χ3v) is 5.85. The first kappa shape index (κ1) is 17.4. The number of halogens is 3. The predicted molar refractivity (Wildman–Crippen MR) is 94.2 cm³/mol. The summed E-state index contributed by atoms with van der Waals surface area (Å²) in [5.74, 6) is -1.10. The topological polar surface area (TPSA) is 36.1 Å². The number of piperidine rings is 1. The van der Waals surface area contributed by atoms with E-state index in [1.54, 1.807) is 6.07 Å². The van der Waals surface area contributed by atoms with Gasteiger partial charge in [0.1, 0.15) is 0 Å². The summed E-state index contributed by atoms with van der Waals surface area (Å²) in [4.78, 5) is 17.6. The summed E-state index contributed by atoms with van der Waals surface area (Å²) in [6.45, 7) is 2.39. The number of likely N-dealkylation sites (tertiary alicyclic amines) is 1. The highest BCUT2D eigenvalue weighted by Gasteiger charge is 2.42. The largest absolute Gasteiger partial charge is 0.393 e. The highest BCUT2D eigenvalue weighted by atomic mass is 19.4. The zero-order valence-corrected chi connectivity index (χ0v) is 14.8. The molecule has 1 aliphatic carbocycles. The van der Waals surface area contributed by atoms with Crippen LogP contribution in [0.25, 0.3) is 10.9 Å². The van der Waals surface area contributed by atoms with E-state index in [4.69, 9.17) is 0 Å². The van der Waals surface area contributed by atoms with E-state index in [0.717, 1.165) is 30.2 Å². The Hall–Kier alpha value is -1.98. The van der Waals surface area contributed by atoms with E-state index >= 15 is 0 Å². The van der Waals surface area contributed by atoms with Crippen molar-refractivity contribution < 1.29 is 18.0 Å². The Labute approximate surface area is 150 Å². The maximum absolute atomic E-state index is 13.0. The Morgan fingerprint density at radius 2 is 2.08 bits per heavy atom. The molecule has 1 saturated heterocycles. The zero-order valence-electron chi connectivity index (χ0n) is 14.8. The number of alkyl halides is 3. The zero-order chi connectivity index (χ0) is 18.5. The molecule has 2 heterocycles. The molecule has 0 spiro atoms. The molecule has 0 radical (unpaired) electrons. The second-order valence-corrected chi connectivity index (χ2v) is 7.82. The lowest BCUT2D eigenvalue weighted by molar-refractivity contribution is -0.184. The second-order valence-electron chi connectivity index (χ2n) is 7.82. The summed E-state index contributed by atoms with van der Waals surface area (Å²) in [7, 11) is 0. The summed E-state index contributed by atoms with van der Waals surface area (Å²) < 4.78 is 39.1. The van der Waals surface area contributed by atoms with Crippen molar-refractivity contribution in [1.82, 2.24) is 9.88 Å². The molecule has 0 saturated carbocycles. The van der Waals surface area contributed by atoms with Crippen LogP contribution < -0.4 is 0 Å². The van der Waals surface area contributed by atoms with Gasteiger partial charge in [0, 0.05) is 35.2 Å². The van der Waals surface area contributed by atoms with Gasteiger partial charge in [-0.25, -0.2) is 0 Å². The van der Waals surface area contributed by atoms with Gasteiger partial charge < -0.3 is 9.88 Å². The van der Waals surface area contributed by atoms with Gasteiger partial charge in [-0.15, -0.1) is 0 Å².